The number of carbonyl (C=O) groups excluding carboxylic acids is 1. The van der Waals surface area contributed by atoms with Gasteiger partial charge in [-0.3, -0.25) is 9.69 Å². The molecule has 0 bridgehead atoms. The number of carbonyl (C=O) groups is 1. The van der Waals surface area contributed by atoms with Crippen LogP contribution in [0.25, 0.3) is 0 Å². The molecule has 1 atom stereocenters. The number of amides is 1. The molecule has 1 amide bonds. The average Bonchev–Trinajstić information content (AvgIpc) is 3.01. The normalized spacial score (nSPS) is 22.7. The van der Waals surface area contributed by atoms with E-state index in [-0.39, 0.29) is 11.8 Å². The molecular formula is C16H23ClN2O2S. The fraction of sp³-hybridized carbons (Fsp3) is 0.688. The SMILES string of the molecule is C[C@H](C(=O)N1CCN(C2CCOCC2)CC1)c1ccc(Cl)s1. The molecule has 1 aromatic heterocycles. The van der Waals surface area contributed by atoms with Crippen LogP contribution in [-0.4, -0.2) is 61.1 Å². The van der Waals surface area contributed by atoms with Gasteiger partial charge in [-0.15, -0.1) is 11.3 Å². The van der Waals surface area contributed by atoms with Crippen molar-refractivity contribution in [3.05, 3.63) is 21.3 Å². The van der Waals surface area contributed by atoms with Crippen LogP contribution in [0.15, 0.2) is 12.1 Å². The van der Waals surface area contributed by atoms with Gasteiger partial charge in [0.1, 0.15) is 0 Å². The van der Waals surface area contributed by atoms with Crippen LogP contribution >= 0.6 is 22.9 Å². The highest BCUT2D eigenvalue weighted by atomic mass is 35.5. The van der Waals surface area contributed by atoms with Gasteiger partial charge < -0.3 is 9.64 Å². The summed E-state index contributed by atoms with van der Waals surface area (Å²) in [4.78, 5) is 18.2. The predicted molar refractivity (Wildman–Crippen MR) is 89.7 cm³/mol. The fourth-order valence-corrected chi connectivity index (χ4v) is 4.42. The van der Waals surface area contributed by atoms with E-state index < -0.39 is 0 Å². The molecule has 0 aliphatic carbocycles. The number of rotatable bonds is 3. The van der Waals surface area contributed by atoms with Crippen molar-refractivity contribution in [1.82, 2.24) is 9.80 Å². The predicted octanol–water partition coefficient (Wildman–Crippen LogP) is 2.83. The Bertz CT molecular complexity index is 508. The first kappa shape index (κ1) is 16.2. The summed E-state index contributed by atoms with van der Waals surface area (Å²) >= 11 is 7.48. The van der Waals surface area contributed by atoms with E-state index in [4.69, 9.17) is 16.3 Å². The van der Waals surface area contributed by atoms with Crippen LogP contribution in [0.4, 0.5) is 0 Å². The Morgan fingerprint density at radius 3 is 2.55 bits per heavy atom. The minimum absolute atomic E-state index is 0.0906. The number of hydrogen-bond donors (Lipinski definition) is 0. The van der Waals surface area contributed by atoms with Crippen molar-refractivity contribution in [3.63, 3.8) is 0 Å². The zero-order chi connectivity index (χ0) is 15.5. The Labute approximate surface area is 141 Å². The standard InChI is InChI=1S/C16H23ClN2O2S/c1-12(14-2-3-15(17)22-14)16(20)19-8-6-18(7-9-19)13-4-10-21-11-5-13/h2-3,12-13H,4-11H2,1H3/t12-/m0/s1. The van der Waals surface area contributed by atoms with Crippen LogP contribution in [0.1, 0.15) is 30.6 Å². The van der Waals surface area contributed by atoms with E-state index in [0.29, 0.717) is 6.04 Å². The third kappa shape index (κ3) is 3.65. The van der Waals surface area contributed by atoms with Gasteiger partial charge in [0.05, 0.1) is 10.3 Å². The molecule has 0 radical (unpaired) electrons. The summed E-state index contributed by atoms with van der Waals surface area (Å²) in [6.07, 6.45) is 2.25. The lowest BCUT2D eigenvalue weighted by atomic mass is 10.0. The van der Waals surface area contributed by atoms with E-state index in [1.807, 2.05) is 24.0 Å². The second-order valence-corrected chi connectivity index (χ2v) is 7.82. The molecule has 0 unspecified atom stereocenters. The third-order valence-electron chi connectivity index (χ3n) is 4.72. The number of halogens is 1. The monoisotopic (exact) mass is 342 g/mol. The van der Waals surface area contributed by atoms with E-state index in [1.165, 1.54) is 11.3 Å². The average molecular weight is 343 g/mol. The molecule has 4 nitrogen and oxygen atoms in total. The molecule has 0 spiro atoms. The fourth-order valence-electron chi connectivity index (χ4n) is 3.31. The maximum atomic E-state index is 12.6. The molecule has 0 saturated carbocycles. The first-order valence-electron chi connectivity index (χ1n) is 8.01. The van der Waals surface area contributed by atoms with Crippen LogP contribution < -0.4 is 0 Å². The topological polar surface area (TPSA) is 32.8 Å². The van der Waals surface area contributed by atoms with Crippen molar-refractivity contribution < 1.29 is 9.53 Å². The number of piperazine rings is 1. The molecule has 1 aromatic rings. The van der Waals surface area contributed by atoms with E-state index in [9.17, 15) is 4.79 Å². The quantitative estimate of drug-likeness (QED) is 0.846. The molecule has 2 saturated heterocycles. The summed E-state index contributed by atoms with van der Waals surface area (Å²) < 4.78 is 6.18. The van der Waals surface area contributed by atoms with Gasteiger partial charge in [0, 0.05) is 50.3 Å². The summed E-state index contributed by atoms with van der Waals surface area (Å²) in [7, 11) is 0. The lowest BCUT2D eigenvalue weighted by molar-refractivity contribution is -0.134. The molecule has 2 aliphatic rings. The first-order valence-corrected chi connectivity index (χ1v) is 9.20. The van der Waals surface area contributed by atoms with Crippen molar-refractivity contribution in [2.24, 2.45) is 0 Å². The number of ether oxygens (including phenoxy) is 1. The second kappa shape index (κ2) is 7.30. The van der Waals surface area contributed by atoms with E-state index in [2.05, 4.69) is 4.90 Å². The smallest absolute Gasteiger partial charge is 0.230 e. The summed E-state index contributed by atoms with van der Waals surface area (Å²) in [5.41, 5.74) is 0. The Kier molecular flexibility index (Phi) is 5.39. The van der Waals surface area contributed by atoms with Gasteiger partial charge in [-0.1, -0.05) is 11.6 Å². The van der Waals surface area contributed by atoms with Crippen molar-refractivity contribution in [3.8, 4) is 0 Å². The largest absolute Gasteiger partial charge is 0.381 e. The van der Waals surface area contributed by atoms with E-state index in [0.717, 1.165) is 61.4 Å². The Balaban J connectivity index is 1.53. The van der Waals surface area contributed by atoms with Gasteiger partial charge in [-0.2, -0.15) is 0 Å². The minimum atomic E-state index is -0.0906. The molecule has 6 heteroatoms. The molecule has 122 valence electrons. The zero-order valence-corrected chi connectivity index (χ0v) is 14.5. The second-order valence-electron chi connectivity index (χ2n) is 6.07. The molecule has 3 rings (SSSR count). The Morgan fingerprint density at radius 2 is 1.95 bits per heavy atom. The van der Waals surface area contributed by atoms with Crippen molar-refractivity contribution in [1.29, 1.82) is 0 Å². The lowest BCUT2D eigenvalue weighted by Crippen LogP contribution is -2.53. The minimum Gasteiger partial charge on any atom is -0.381 e. The number of nitrogens with zero attached hydrogens (tertiary/aromatic N) is 2. The summed E-state index contributed by atoms with van der Waals surface area (Å²) in [6, 6.07) is 4.47. The summed E-state index contributed by atoms with van der Waals surface area (Å²) in [6.45, 7) is 7.36. The maximum absolute atomic E-state index is 12.6. The molecule has 2 aliphatic heterocycles. The van der Waals surface area contributed by atoms with Crippen LogP contribution in [0.2, 0.25) is 4.34 Å². The Morgan fingerprint density at radius 1 is 1.27 bits per heavy atom. The van der Waals surface area contributed by atoms with Gasteiger partial charge in [0.15, 0.2) is 0 Å². The van der Waals surface area contributed by atoms with Crippen LogP contribution in [0.3, 0.4) is 0 Å². The Hall–Kier alpha value is -0.620. The van der Waals surface area contributed by atoms with E-state index in [1.54, 1.807) is 0 Å². The van der Waals surface area contributed by atoms with Crippen LogP contribution in [0.5, 0.6) is 0 Å². The van der Waals surface area contributed by atoms with Gasteiger partial charge in [0.2, 0.25) is 5.91 Å². The van der Waals surface area contributed by atoms with Crippen molar-refractivity contribution >= 4 is 28.8 Å². The molecule has 22 heavy (non-hydrogen) atoms. The van der Waals surface area contributed by atoms with Crippen LogP contribution in [0, 0.1) is 0 Å². The first-order chi connectivity index (χ1) is 10.6. The van der Waals surface area contributed by atoms with Crippen LogP contribution in [-0.2, 0) is 9.53 Å². The third-order valence-corrected chi connectivity index (χ3v) is 6.14. The summed E-state index contributed by atoms with van der Waals surface area (Å²) in [5.74, 6) is 0.136. The van der Waals surface area contributed by atoms with Gasteiger partial charge in [-0.25, -0.2) is 0 Å². The maximum Gasteiger partial charge on any atom is 0.230 e. The lowest BCUT2D eigenvalue weighted by Gasteiger charge is -2.41. The van der Waals surface area contributed by atoms with E-state index >= 15 is 0 Å². The highest BCUT2D eigenvalue weighted by molar-refractivity contribution is 7.16. The zero-order valence-electron chi connectivity index (χ0n) is 13.0. The number of thiophene rings is 1. The molecule has 0 N–H and O–H groups in total. The van der Waals surface area contributed by atoms with Crippen molar-refractivity contribution in [2.45, 2.75) is 31.7 Å². The highest BCUT2D eigenvalue weighted by Crippen LogP contribution is 2.29. The highest BCUT2D eigenvalue weighted by Gasteiger charge is 2.29. The van der Waals surface area contributed by atoms with Gasteiger partial charge in [0.25, 0.3) is 0 Å². The van der Waals surface area contributed by atoms with Gasteiger partial charge in [-0.05, 0) is 31.9 Å². The molecule has 2 fully saturated rings. The molecule has 3 heterocycles. The van der Waals surface area contributed by atoms with Gasteiger partial charge >= 0.3 is 0 Å². The molecule has 0 aromatic carbocycles. The van der Waals surface area contributed by atoms with Crippen molar-refractivity contribution in [2.75, 3.05) is 39.4 Å². The molecular weight excluding hydrogens is 320 g/mol. The number of hydrogen-bond acceptors (Lipinski definition) is 4. The summed E-state index contributed by atoms with van der Waals surface area (Å²) in [5, 5.41) is 0.